The summed E-state index contributed by atoms with van der Waals surface area (Å²) < 4.78 is 5.01. The zero-order chi connectivity index (χ0) is 18.2. The third kappa shape index (κ3) is 5.70. The number of carbonyl (C=O) groups is 1. The van der Waals surface area contributed by atoms with Gasteiger partial charge in [0.2, 0.25) is 0 Å². The Bertz CT molecular complexity index is 827. The molecule has 2 aromatic carbocycles. The molecule has 2 N–H and O–H groups in total. The van der Waals surface area contributed by atoms with Crippen molar-refractivity contribution in [2.75, 3.05) is 7.11 Å². The van der Waals surface area contributed by atoms with E-state index in [9.17, 15) is 15.0 Å². The molecule has 0 fully saturated rings. The van der Waals surface area contributed by atoms with Crippen molar-refractivity contribution < 1.29 is 19.7 Å². The molecule has 0 unspecified atom stereocenters. The van der Waals surface area contributed by atoms with Crippen LogP contribution in [0.2, 0.25) is 0 Å². The van der Waals surface area contributed by atoms with E-state index in [2.05, 4.69) is 0 Å². The lowest BCUT2D eigenvalue weighted by atomic mass is 10.1. The van der Waals surface area contributed by atoms with Gasteiger partial charge in [0.15, 0.2) is 17.3 Å². The van der Waals surface area contributed by atoms with Gasteiger partial charge in [0, 0.05) is 6.08 Å². The number of methoxy groups -OCH3 is 1. The quantitative estimate of drug-likeness (QED) is 0.465. The number of hydrogen-bond acceptors (Lipinski definition) is 4. The fourth-order valence-electron chi connectivity index (χ4n) is 2.08. The summed E-state index contributed by atoms with van der Waals surface area (Å²) in [6, 6.07) is 12.5. The fraction of sp³-hybridized carbons (Fsp3) is 0.0952. The third-order valence-corrected chi connectivity index (χ3v) is 3.46. The summed E-state index contributed by atoms with van der Waals surface area (Å²) in [6.07, 6.45) is 7.26. The number of carbonyl (C=O) groups excluding carboxylic acids is 1. The number of aryl methyl sites for hydroxylation is 1. The highest BCUT2D eigenvalue weighted by Gasteiger charge is 2.01. The molecule has 0 aliphatic carbocycles. The van der Waals surface area contributed by atoms with E-state index in [1.165, 1.54) is 25.3 Å². The van der Waals surface area contributed by atoms with Crippen LogP contribution >= 0.6 is 0 Å². The monoisotopic (exact) mass is 336 g/mol. The largest absolute Gasteiger partial charge is 0.508 e. The van der Waals surface area contributed by atoms with Crippen LogP contribution < -0.4 is 4.74 Å². The van der Waals surface area contributed by atoms with E-state index in [1.54, 1.807) is 24.3 Å². The van der Waals surface area contributed by atoms with Crippen LogP contribution in [0.25, 0.3) is 12.2 Å². The normalized spacial score (nSPS) is 12.0. The van der Waals surface area contributed by atoms with E-state index >= 15 is 0 Å². The van der Waals surface area contributed by atoms with Crippen LogP contribution in [0, 0.1) is 6.92 Å². The zero-order valence-corrected chi connectivity index (χ0v) is 14.1. The van der Waals surface area contributed by atoms with Gasteiger partial charge >= 0.3 is 0 Å². The first kappa shape index (κ1) is 18.1. The van der Waals surface area contributed by atoms with E-state index in [0.29, 0.717) is 5.75 Å². The molecule has 0 spiro atoms. The number of hydrogen-bond donors (Lipinski definition) is 2. The topological polar surface area (TPSA) is 66.8 Å². The van der Waals surface area contributed by atoms with Crippen molar-refractivity contribution in [2.24, 2.45) is 0 Å². The minimum Gasteiger partial charge on any atom is -0.508 e. The van der Waals surface area contributed by atoms with Gasteiger partial charge in [0.25, 0.3) is 0 Å². The minimum absolute atomic E-state index is 0.0378. The second kappa shape index (κ2) is 8.55. The Morgan fingerprint density at radius 1 is 1.00 bits per heavy atom. The number of phenolic OH excluding ortho intramolecular Hbond substituents is 1. The molecule has 25 heavy (non-hydrogen) atoms. The van der Waals surface area contributed by atoms with Crippen LogP contribution in [0.4, 0.5) is 0 Å². The molecule has 4 nitrogen and oxygen atoms in total. The van der Waals surface area contributed by atoms with Crippen molar-refractivity contribution in [3.05, 3.63) is 83.1 Å². The number of benzene rings is 2. The van der Waals surface area contributed by atoms with Gasteiger partial charge in [-0.1, -0.05) is 48.0 Å². The molecule has 0 aliphatic rings. The maximum absolute atomic E-state index is 11.8. The van der Waals surface area contributed by atoms with E-state index in [0.717, 1.165) is 22.8 Å². The highest BCUT2D eigenvalue weighted by Crippen LogP contribution is 2.26. The molecule has 0 heterocycles. The average Bonchev–Trinajstić information content (AvgIpc) is 2.60. The summed E-state index contributed by atoms with van der Waals surface area (Å²) in [5.74, 6) is -0.102. The van der Waals surface area contributed by atoms with Gasteiger partial charge in [-0.2, -0.15) is 0 Å². The lowest BCUT2D eigenvalue weighted by Crippen LogP contribution is -1.89. The maximum atomic E-state index is 11.8. The molecule has 0 aromatic heterocycles. The van der Waals surface area contributed by atoms with Crippen LogP contribution in [-0.2, 0) is 4.79 Å². The molecule has 0 bridgehead atoms. The molecule has 2 aromatic rings. The molecule has 128 valence electrons. The molecule has 0 amide bonds. The van der Waals surface area contributed by atoms with Crippen molar-refractivity contribution in [1.29, 1.82) is 0 Å². The van der Waals surface area contributed by atoms with Crippen LogP contribution in [-0.4, -0.2) is 23.1 Å². The first-order chi connectivity index (χ1) is 12.0. The average molecular weight is 336 g/mol. The Morgan fingerprint density at radius 2 is 1.64 bits per heavy atom. The van der Waals surface area contributed by atoms with Gasteiger partial charge in [-0.25, -0.2) is 0 Å². The summed E-state index contributed by atoms with van der Waals surface area (Å²) >= 11 is 0. The summed E-state index contributed by atoms with van der Waals surface area (Å²) in [7, 11) is 1.46. The molecule has 0 atom stereocenters. The summed E-state index contributed by atoms with van der Waals surface area (Å²) in [4.78, 5) is 11.8. The number of ether oxygens (including phenoxy) is 1. The number of aliphatic hydroxyl groups excluding tert-OH is 1. The fourth-order valence-corrected chi connectivity index (χ4v) is 2.08. The molecule has 0 aliphatic heterocycles. The lowest BCUT2D eigenvalue weighted by molar-refractivity contribution is -0.110. The number of allylic oxidation sites excluding steroid dienone is 3. The standard InChI is InChI=1S/C21H20O4/c1-15-3-5-16(6-4-15)7-10-18(22)14-19(23)11-8-17-9-12-20(24)21(13-17)25-2/h3-14,23-24H,1-2H3/b10-7+,11-8+,19-14-. The van der Waals surface area contributed by atoms with Gasteiger partial charge in [-0.05, 0) is 42.3 Å². The van der Waals surface area contributed by atoms with Gasteiger partial charge in [-0.3, -0.25) is 4.79 Å². The van der Waals surface area contributed by atoms with E-state index < -0.39 is 0 Å². The Hall–Kier alpha value is -3.27. The SMILES string of the molecule is COc1cc(/C=C/C(O)=C/C(=O)/C=C/c2ccc(C)cc2)ccc1O. The van der Waals surface area contributed by atoms with Crippen molar-refractivity contribution in [3.8, 4) is 11.5 Å². The molecular formula is C21H20O4. The van der Waals surface area contributed by atoms with Gasteiger partial charge in [-0.15, -0.1) is 0 Å². The number of ketones is 1. The van der Waals surface area contributed by atoms with E-state index in [4.69, 9.17) is 4.74 Å². The zero-order valence-electron chi connectivity index (χ0n) is 14.1. The molecule has 0 saturated heterocycles. The number of aromatic hydroxyl groups is 1. The second-order valence-corrected chi connectivity index (χ2v) is 5.48. The van der Waals surface area contributed by atoms with Gasteiger partial charge in [0.05, 0.1) is 7.11 Å². The first-order valence-corrected chi connectivity index (χ1v) is 7.72. The Balaban J connectivity index is 2.02. The Labute approximate surface area is 147 Å². The van der Waals surface area contributed by atoms with Crippen molar-refractivity contribution in [3.63, 3.8) is 0 Å². The molecule has 0 radical (unpaired) electrons. The highest BCUT2D eigenvalue weighted by atomic mass is 16.5. The minimum atomic E-state index is -0.314. The number of rotatable bonds is 6. The first-order valence-electron chi connectivity index (χ1n) is 7.72. The van der Waals surface area contributed by atoms with E-state index in [1.807, 2.05) is 31.2 Å². The van der Waals surface area contributed by atoms with Gasteiger partial charge in [0.1, 0.15) is 5.76 Å². The summed E-state index contributed by atoms with van der Waals surface area (Å²) in [5, 5.41) is 19.4. The van der Waals surface area contributed by atoms with Crippen LogP contribution in [0.1, 0.15) is 16.7 Å². The van der Waals surface area contributed by atoms with E-state index in [-0.39, 0.29) is 17.3 Å². The molecule has 2 rings (SSSR count). The predicted octanol–water partition coefficient (Wildman–Crippen LogP) is 4.45. The number of phenols is 1. The predicted molar refractivity (Wildman–Crippen MR) is 99.6 cm³/mol. The summed E-state index contributed by atoms with van der Waals surface area (Å²) in [6.45, 7) is 2.00. The van der Waals surface area contributed by atoms with Crippen LogP contribution in [0.15, 0.2) is 66.5 Å². The van der Waals surface area contributed by atoms with Crippen LogP contribution in [0.3, 0.4) is 0 Å². The molecular weight excluding hydrogens is 316 g/mol. The molecule has 0 saturated carbocycles. The molecule has 4 heteroatoms. The van der Waals surface area contributed by atoms with Gasteiger partial charge < -0.3 is 14.9 Å². The Morgan fingerprint density at radius 3 is 2.32 bits per heavy atom. The van der Waals surface area contributed by atoms with Crippen molar-refractivity contribution in [1.82, 2.24) is 0 Å². The second-order valence-electron chi connectivity index (χ2n) is 5.48. The number of aliphatic hydroxyl groups is 1. The van der Waals surface area contributed by atoms with Crippen molar-refractivity contribution in [2.45, 2.75) is 6.92 Å². The smallest absolute Gasteiger partial charge is 0.182 e. The highest BCUT2D eigenvalue weighted by molar-refractivity contribution is 6.02. The lowest BCUT2D eigenvalue weighted by Gasteiger charge is -2.03. The van der Waals surface area contributed by atoms with Crippen molar-refractivity contribution >= 4 is 17.9 Å². The Kier molecular flexibility index (Phi) is 6.18. The summed E-state index contributed by atoms with van der Waals surface area (Å²) in [5.41, 5.74) is 2.79. The maximum Gasteiger partial charge on any atom is 0.182 e. The van der Waals surface area contributed by atoms with Crippen LogP contribution in [0.5, 0.6) is 11.5 Å². The third-order valence-electron chi connectivity index (χ3n) is 3.46.